The molecule has 1 amide bonds. The van der Waals surface area contributed by atoms with Gasteiger partial charge in [-0.15, -0.1) is 0 Å². The molecule has 0 fully saturated rings. The molecular weight excluding hydrogens is 493 g/mol. The first-order valence-electron chi connectivity index (χ1n) is 10.6. The van der Waals surface area contributed by atoms with Crippen LogP contribution in [0.4, 0.5) is 0 Å². The Kier molecular flexibility index (Phi) is 8.85. The molecular formula is C25H25Cl2N3O3S. The quantitative estimate of drug-likeness (QED) is 0.302. The van der Waals surface area contributed by atoms with Crippen molar-refractivity contribution in [3.05, 3.63) is 99.5 Å². The third kappa shape index (κ3) is 6.90. The number of amides is 1. The maximum atomic E-state index is 13.4. The minimum absolute atomic E-state index is 0.0192. The van der Waals surface area contributed by atoms with Crippen LogP contribution in [0.5, 0.6) is 0 Å². The fourth-order valence-corrected chi connectivity index (χ4v) is 5.29. The number of benzene rings is 3. The maximum Gasteiger partial charge on any atom is 0.255 e. The molecule has 1 N–H and O–H groups in total. The molecule has 0 heterocycles. The van der Waals surface area contributed by atoms with E-state index in [1.807, 2.05) is 30.3 Å². The van der Waals surface area contributed by atoms with Crippen LogP contribution < -0.4 is 5.43 Å². The molecule has 3 aromatic carbocycles. The summed E-state index contributed by atoms with van der Waals surface area (Å²) in [7, 11) is -4.13. The van der Waals surface area contributed by atoms with Crippen molar-refractivity contribution in [2.75, 3.05) is 6.54 Å². The zero-order valence-electron chi connectivity index (χ0n) is 18.8. The number of carbonyl (C=O) groups excluding carboxylic acids is 1. The summed E-state index contributed by atoms with van der Waals surface area (Å²) in [6.07, 6.45) is 1.51. The van der Waals surface area contributed by atoms with Crippen LogP contribution in [0.2, 0.25) is 10.0 Å². The van der Waals surface area contributed by atoms with Crippen molar-refractivity contribution >= 4 is 45.3 Å². The van der Waals surface area contributed by atoms with Crippen molar-refractivity contribution in [2.24, 2.45) is 5.10 Å². The lowest BCUT2D eigenvalue weighted by Crippen LogP contribution is -2.39. The van der Waals surface area contributed by atoms with Gasteiger partial charge in [0.2, 0.25) is 10.0 Å². The van der Waals surface area contributed by atoms with E-state index in [-0.39, 0.29) is 21.5 Å². The van der Waals surface area contributed by atoms with E-state index in [0.717, 1.165) is 9.87 Å². The van der Waals surface area contributed by atoms with Crippen LogP contribution in [0.3, 0.4) is 0 Å². The topological polar surface area (TPSA) is 78.8 Å². The highest BCUT2D eigenvalue weighted by Gasteiger charge is 2.29. The summed E-state index contributed by atoms with van der Waals surface area (Å²) in [5.74, 6) is -0.177. The zero-order valence-corrected chi connectivity index (χ0v) is 21.1. The highest BCUT2D eigenvalue weighted by Crippen LogP contribution is 2.28. The van der Waals surface area contributed by atoms with Gasteiger partial charge in [0.05, 0.1) is 17.8 Å². The average Bonchev–Trinajstić information content (AvgIpc) is 2.81. The van der Waals surface area contributed by atoms with Gasteiger partial charge in [-0.1, -0.05) is 91.6 Å². The van der Waals surface area contributed by atoms with Gasteiger partial charge in [0.15, 0.2) is 0 Å². The lowest BCUT2D eigenvalue weighted by atomic mass is 10.0. The Bertz CT molecular complexity index is 1260. The standard InChI is InChI=1S/C25H25Cl2N3O3S/c1-18(2)21-10-8-19(9-11-21)15-28-29-25(31)17-30(16-20-6-4-3-5-7-20)34(32,33)24-14-22(26)12-13-23(24)27/h3-15,18H,16-17H2,1-2H3,(H,29,31). The first kappa shape index (κ1) is 25.9. The second-order valence-corrected chi connectivity index (χ2v) is 10.7. The van der Waals surface area contributed by atoms with Crippen molar-refractivity contribution in [2.45, 2.75) is 31.2 Å². The molecule has 0 saturated heterocycles. The number of hydrogen-bond acceptors (Lipinski definition) is 4. The third-order valence-corrected chi connectivity index (χ3v) is 7.55. The van der Waals surface area contributed by atoms with Crippen molar-refractivity contribution in [1.82, 2.24) is 9.73 Å². The highest BCUT2D eigenvalue weighted by molar-refractivity contribution is 7.89. The molecule has 34 heavy (non-hydrogen) atoms. The molecule has 3 rings (SSSR count). The first-order valence-corrected chi connectivity index (χ1v) is 12.8. The summed E-state index contributed by atoms with van der Waals surface area (Å²) in [6.45, 7) is 3.73. The Morgan fingerprint density at radius 2 is 1.71 bits per heavy atom. The largest absolute Gasteiger partial charge is 0.272 e. The third-order valence-electron chi connectivity index (χ3n) is 5.04. The Hall–Kier alpha value is -2.71. The van der Waals surface area contributed by atoms with E-state index in [2.05, 4.69) is 24.4 Å². The van der Waals surface area contributed by atoms with Gasteiger partial charge in [-0.2, -0.15) is 9.41 Å². The maximum absolute atomic E-state index is 13.4. The molecule has 0 aliphatic rings. The summed E-state index contributed by atoms with van der Waals surface area (Å²) in [6, 6.07) is 20.9. The lowest BCUT2D eigenvalue weighted by molar-refractivity contribution is -0.121. The summed E-state index contributed by atoms with van der Waals surface area (Å²) in [5, 5.41) is 4.21. The van der Waals surface area contributed by atoms with Crippen molar-refractivity contribution in [3.8, 4) is 0 Å². The molecule has 178 valence electrons. The molecule has 0 radical (unpaired) electrons. The first-order chi connectivity index (χ1) is 16.2. The molecule has 0 unspecified atom stereocenters. The van der Waals surface area contributed by atoms with E-state index in [4.69, 9.17) is 23.2 Å². The number of hydrazone groups is 1. The fraction of sp³-hybridized carbons (Fsp3) is 0.200. The molecule has 0 saturated carbocycles. The van der Waals surface area contributed by atoms with Crippen molar-refractivity contribution in [1.29, 1.82) is 0 Å². The zero-order chi connectivity index (χ0) is 24.7. The lowest BCUT2D eigenvalue weighted by Gasteiger charge is -2.22. The van der Waals surface area contributed by atoms with Gasteiger partial charge in [0.25, 0.3) is 5.91 Å². The highest BCUT2D eigenvalue weighted by atomic mass is 35.5. The summed E-state index contributed by atoms with van der Waals surface area (Å²) >= 11 is 12.2. The van der Waals surface area contributed by atoms with Crippen LogP contribution >= 0.6 is 23.2 Å². The molecule has 0 aliphatic carbocycles. The molecule has 0 aliphatic heterocycles. The van der Waals surface area contributed by atoms with E-state index in [9.17, 15) is 13.2 Å². The second-order valence-electron chi connectivity index (χ2n) is 7.95. The molecule has 6 nitrogen and oxygen atoms in total. The van der Waals surface area contributed by atoms with Crippen LogP contribution in [0.15, 0.2) is 82.8 Å². The van der Waals surface area contributed by atoms with Gasteiger partial charge in [0, 0.05) is 11.6 Å². The number of rotatable bonds is 9. The Balaban J connectivity index is 1.78. The van der Waals surface area contributed by atoms with Gasteiger partial charge in [0.1, 0.15) is 4.90 Å². The van der Waals surface area contributed by atoms with E-state index >= 15 is 0 Å². The van der Waals surface area contributed by atoms with Crippen LogP contribution in [-0.4, -0.2) is 31.4 Å². The van der Waals surface area contributed by atoms with Crippen LogP contribution in [-0.2, 0) is 21.4 Å². The van der Waals surface area contributed by atoms with Gasteiger partial charge in [-0.25, -0.2) is 13.8 Å². The summed E-state index contributed by atoms with van der Waals surface area (Å²) < 4.78 is 27.8. The molecule has 9 heteroatoms. The normalized spacial score (nSPS) is 11.9. The van der Waals surface area contributed by atoms with E-state index in [0.29, 0.717) is 11.5 Å². The molecule has 0 aromatic heterocycles. The number of carbonyl (C=O) groups is 1. The minimum atomic E-state index is -4.13. The second kappa shape index (κ2) is 11.6. The van der Waals surface area contributed by atoms with E-state index in [1.165, 1.54) is 30.0 Å². The van der Waals surface area contributed by atoms with Crippen molar-refractivity contribution < 1.29 is 13.2 Å². The number of nitrogens with one attached hydrogen (secondary N) is 1. The van der Waals surface area contributed by atoms with Crippen molar-refractivity contribution in [3.63, 3.8) is 0 Å². The van der Waals surface area contributed by atoms with Gasteiger partial charge < -0.3 is 0 Å². The number of hydrogen-bond donors (Lipinski definition) is 1. The predicted molar refractivity (Wildman–Crippen MR) is 137 cm³/mol. The smallest absolute Gasteiger partial charge is 0.255 e. The van der Waals surface area contributed by atoms with Gasteiger partial charge in [-0.3, -0.25) is 4.79 Å². The molecule has 0 atom stereocenters. The Morgan fingerprint density at radius 1 is 1.03 bits per heavy atom. The SMILES string of the molecule is CC(C)c1ccc(C=NNC(=O)CN(Cc2ccccc2)S(=O)(=O)c2cc(Cl)ccc2Cl)cc1. The van der Waals surface area contributed by atoms with Crippen LogP contribution in [0.1, 0.15) is 36.5 Å². The predicted octanol–water partition coefficient (Wildman–Crippen LogP) is 5.46. The number of sulfonamides is 1. The van der Waals surface area contributed by atoms with Crippen LogP contribution in [0.25, 0.3) is 0 Å². The average molecular weight is 518 g/mol. The minimum Gasteiger partial charge on any atom is -0.272 e. The summed E-state index contributed by atoms with van der Waals surface area (Å²) in [4.78, 5) is 12.4. The Morgan fingerprint density at radius 3 is 2.35 bits per heavy atom. The molecule has 3 aromatic rings. The molecule has 0 spiro atoms. The number of halogens is 2. The van der Waals surface area contributed by atoms with E-state index in [1.54, 1.807) is 24.3 Å². The number of nitrogens with zero attached hydrogens (tertiary/aromatic N) is 2. The molecule has 0 bridgehead atoms. The Labute approximate surface area is 210 Å². The fourth-order valence-electron chi connectivity index (χ4n) is 3.17. The van der Waals surface area contributed by atoms with Gasteiger partial charge in [-0.05, 0) is 40.8 Å². The monoisotopic (exact) mass is 517 g/mol. The van der Waals surface area contributed by atoms with E-state index < -0.39 is 22.5 Å². The van der Waals surface area contributed by atoms with Crippen LogP contribution in [0, 0.1) is 0 Å². The summed E-state index contributed by atoms with van der Waals surface area (Å²) in [5.41, 5.74) is 5.12. The van der Waals surface area contributed by atoms with Gasteiger partial charge >= 0.3 is 0 Å².